The molecular formula is C11H22N2O4. The van der Waals surface area contributed by atoms with E-state index in [-0.39, 0.29) is 5.60 Å². The van der Waals surface area contributed by atoms with Crippen LogP contribution >= 0.6 is 0 Å². The van der Waals surface area contributed by atoms with Gasteiger partial charge < -0.3 is 20.5 Å². The van der Waals surface area contributed by atoms with Crippen LogP contribution in [0.1, 0.15) is 34.6 Å². The predicted molar refractivity (Wildman–Crippen MR) is 64.0 cm³/mol. The Balaban J connectivity index is 3.86. The fourth-order valence-electron chi connectivity index (χ4n) is 0.903. The van der Waals surface area contributed by atoms with Crippen LogP contribution in [0.3, 0.4) is 0 Å². The van der Waals surface area contributed by atoms with E-state index >= 15 is 0 Å². The van der Waals surface area contributed by atoms with Gasteiger partial charge in [0, 0.05) is 6.54 Å². The number of aliphatic carboxylic acids is 1. The smallest absolute Gasteiger partial charge is 0.328 e. The van der Waals surface area contributed by atoms with Crippen LogP contribution in [-0.4, -0.2) is 41.4 Å². The highest BCUT2D eigenvalue weighted by Gasteiger charge is 2.28. The van der Waals surface area contributed by atoms with Gasteiger partial charge in [-0.05, 0) is 34.6 Å². The molecule has 6 heteroatoms. The quantitative estimate of drug-likeness (QED) is 0.631. The van der Waals surface area contributed by atoms with Crippen molar-refractivity contribution in [2.75, 3.05) is 13.2 Å². The summed E-state index contributed by atoms with van der Waals surface area (Å²) < 4.78 is 5.40. The number of nitrogens with one attached hydrogen (secondary N) is 2. The summed E-state index contributed by atoms with van der Waals surface area (Å²) in [4.78, 5) is 22.1. The third kappa shape index (κ3) is 7.57. The van der Waals surface area contributed by atoms with Gasteiger partial charge in [0.1, 0.15) is 5.54 Å². The first-order chi connectivity index (χ1) is 7.54. The van der Waals surface area contributed by atoms with Gasteiger partial charge >= 0.3 is 12.0 Å². The lowest BCUT2D eigenvalue weighted by atomic mass is 10.1. The van der Waals surface area contributed by atoms with E-state index in [4.69, 9.17) is 9.84 Å². The van der Waals surface area contributed by atoms with Gasteiger partial charge in [-0.25, -0.2) is 9.59 Å². The summed E-state index contributed by atoms with van der Waals surface area (Å²) in [6, 6.07) is -0.519. The number of carbonyl (C=O) groups excluding carboxylic acids is 1. The Hall–Kier alpha value is -1.30. The van der Waals surface area contributed by atoms with Crippen molar-refractivity contribution in [1.82, 2.24) is 10.6 Å². The third-order valence-corrected chi connectivity index (χ3v) is 1.88. The second-order valence-electron chi connectivity index (χ2n) is 5.27. The van der Waals surface area contributed by atoms with Gasteiger partial charge in [0.05, 0.1) is 12.2 Å². The lowest BCUT2D eigenvalue weighted by Crippen LogP contribution is -2.53. The molecule has 0 aromatic heterocycles. The maximum atomic E-state index is 11.3. The first-order valence-corrected chi connectivity index (χ1v) is 5.48. The number of hydrogen-bond donors (Lipinski definition) is 3. The maximum absolute atomic E-state index is 11.3. The number of hydrogen-bond acceptors (Lipinski definition) is 3. The molecule has 3 N–H and O–H groups in total. The highest BCUT2D eigenvalue weighted by molar-refractivity contribution is 5.85. The SMILES string of the molecule is CC(C)(C)OCCNC(=O)NC(C)(C)C(=O)O. The molecule has 0 heterocycles. The minimum absolute atomic E-state index is 0.251. The number of ether oxygens (including phenoxy) is 1. The van der Waals surface area contributed by atoms with E-state index in [1.165, 1.54) is 13.8 Å². The summed E-state index contributed by atoms with van der Waals surface area (Å²) in [7, 11) is 0. The number of carboxylic acids is 1. The molecule has 0 atom stereocenters. The predicted octanol–water partition coefficient (Wildman–Crippen LogP) is 0.964. The van der Waals surface area contributed by atoms with Crippen molar-refractivity contribution in [2.45, 2.75) is 45.8 Å². The zero-order chi connectivity index (χ0) is 13.7. The lowest BCUT2D eigenvalue weighted by molar-refractivity contribution is -0.142. The Morgan fingerprint density at radius 3 is 2.12 bits per heavy atom. The number of rotatable bonds is 5. The van der Waals surface area contributed by atoms with Crippen LogP contribution in [0.5, 0.6) is 0 Å². The van der Waals surface area contributed by atoms with E-state index in [1.54, 1.807) is 0 Å². The van der Waals surface area contributed by atoms with Crippen LogP contribution in [0, 0.1) is 0 Å². The van der Waals surface area contributed by atoms with Crippen LogP contribution in [0.25, 0.3) is 0 Å². The van der Waals surface area contributed by atoms with Crippen LogP contribution < -0.4 is 10.6 Å². The molecule has 0 rings (SSSR count). The molecule has 0 saturated heterocycles. The summed E-state index contributed by atoms with van der Waals surface area (Å²) in [6.07, 6.45) is 0. The Kier molecular flexibility index (Phi) is 5.41. The van der Waals surface area contributed by atoms with Gasteiger partial charge in [0.25, 0.3) is 0 Å². The Bertz CT molecular complexity index is 282. The summed E-state index contributed by atoms with van der Waals surface area (Å²) in [5, 5.41) is 13.7. The minimum atomic E-state index is -1.28. The normalized spacial score (nSPS) is 12.1. The molecule has 0 spiro atoms. The van der Waals surface area contributed by atoms with Crippen LogP contribution in [0.15, 0.2) is 0 Å². The summed E-state index contributed by atoms with van der Waals surface area (Å²) in [5.41, 5.74) is -1.53. The molecule has 100 valence electrons. The van der Waals surface area contributed by atoms with Crippen molar-refractivity contribution >= 4 is 12.0 Å². The Morgan fingerprint density at radius 2 is 1.71 bits per heavy atom. The topological polar surface area (TPSA) is 87.7 Å². The van der Waals surface area contributed by atoms with E-state index in [0.717, 1.165) is 0 Å². The molecule has 6 nitrogen and oxygen atoms in total. The number of carboxylic acid groups (broad SMARTS) is 1. The Morgan fingerprint density at radius 1 is 1.18 bits per heavy atom. The van der Waals surface area contributed by atoms with Gasteiger partial charge in [0.2, 0.25) is 0 Å². The molecule has 0 aromatic rings. The molecule has 0 aliphatic rings. The Labute approximate surface area is 102 Å². The lowest BCUT2D eigenvalue weighted by Gasteiger charge is -2.22. The monoisotopic (exact) mass is 246 g/mol. The second-order valence-corrected chi connectivity index (χ2v) is 5.27. The van der Waals surface area contributed by atoms with Crippen molar-refractivity contribution in [1.29, 1.82) is 0 Å². The van der Waals surface area contributed by atoms with Gasteiger partial charge in [-0.2, -0.15) is 0 Å². The molecule has 0 bridgehead atoms. The fourth-order valence-corrected chi connectivity index (χ4v) is 0.903. The van der Waals surface area contributed by atoms with Gasteiger partial charge in [-0.15, -0.1) is 0 Å². The van der Waals surface area contributed by atoms with E-state index in [9.17, 15) is 9.59 Å². The number of carbonyl (C=O) groups is 2. The first kappa shape index (κ1) is 15.7. The molecule has 0 aliphatic heterocycles. The van der Waals surface area contributed by atoms with Crippen LogP contribution in [0.4, 0.5) is 4.79 Å². The van der Waals surface area contributed by atoms with Gasteiger partial charge in [-0.3, -0.25) is 0 Å². The molecule has 0 unspecified atom stereocenters. The summed E-state index contributed by atoms with van der Waals surface area (Å²) in [6.45, 7) is 9.30. The van der Waals surface area contributed by atoms with Crippen molar-refractivity contribution in [3.63, 3.8) is 0 Å². The van der Waals surface area contributed by atoms with E-state index in [1.807, 2.05) is 20.8 Å². The van der Waals surface area contributed by atoms with Crippen LogP contribution in [-0.2, 0) is 9.53 Å². The minimum Gasteiger partial charge on any atom is -0.480 e. The molecule has 2 amide bonds. The molecule has 0 aliphatic carbocycles. The molecule has 0 saturated carbocycles. The van der Waals surface area contributed by atoms with Crippen molar-refractivity contribution in [2.24, 2.45) is 0 Å². The van der Waals surface area contributed by atoms with E-state index in [2.05, 4.69) is 10.6 Å². The zero-order valence-electron chi connectivity index (χ0n) is 11.1. The average Bonchev–Trinajstić information content (AvgIpc) is 2.10. The molecule has 0 fully saturated rings. The average molecular weight is 246 g/mol. The largest absolute Gasteiger partial charge is 0.480 e. The molecular weight excluding hydrogens is 224 g/mol. The van der Waals surface area contributed by atoms with Crippen molar-refractivity contribution < 1.29 is 19.4 Å². The highest BCUT2D eigenvalue weighted by atomic mass is 16.5. The maximum Gasteiger partial charge on any atom is 0.328 e. The summed E-state index contributed by atoms with van der Waals surface area (Å²) >= 11 is 0. The standard InChI is InChI=1S/C11H22N2O4/c1-10(2,3)17-7-6-12-9(16)13-11(4,5)8(14)15/h6-7H2,1-5H3,(H,14,15)(H2,12,13,16). The van der Waals surface area contributed by atoms with Crippen molar-refractivity contribution in [3.05, 3.63) is 0 Å². The van der Waals surface area contributed by atoms with Crippen LogP contribution in [0.2, 0.25) is 0 Å². The summed E-state index contributed by atoms with van der Waals surface area (Å²) in [5.74, 6) is -1.08. The van der Waals surface area contributed by atoms with Gasteiger partial charge in [-0.1, -0.05) is 0 Å². The second kappa shape index (κ2) is 5.86. The number of urea groups is 1. The zero-order valence-corrected chi connectivity index (χ0v) is 11.1. The van der Waals surface area contributed by atoms with E-state index in [0.29, 0.717) is 13.2 Å². The van der Waals surface area contributed by atoms with Crippen molar-refractivity contribution in [3.8, 4) is 0 Å². The fraction of sp³-hybridized carbons (Fsp3) is 0.818. The number of amides is 2. The molecule has 0 aromatic carbocycles. The molecule has 17 heavy (non-hydrogen) atoms. The third-order valence-electron chi connectivity index (χ3n) is 1.88. The molecule has 0 radical (unpaired) electrons. The van der Waals surface area contributed by atoms with E-state index < -0.39 is 17.5 Å². The first-order valence-electron chi connectivity index (χ1n) is 5.48. The van der Waals surface area contributed by atoms with Gasteiger partial charge in [0.15, 0.2) is 0 Å². The highest BCUT2D eigenvalue weighted by Crippen LogP contribution is 2.05.